The topological polar surface area (TPSA) is 78.5 Å². The van der Waals surface area contributed by atoms with Gasteiger partial charge in [-0.3, -0.25) is 14.5 Å². The van der Waals surface area contributed by atoms with Gasteiger partial charge in [0.05, 0.1) is 0 Å². The van der Waals surface area contributed by atoms with E-state index < -0.39 is 17.5 Å². The van der Waals surface area contributed by atoms with Crippen molar-refractivity contribution in [1.29, 1.82) is 0 Å². The van der Waals surface area contributed by atoms with Crippen LogP contribution in [0.2, 0.25) is 0 Å². The molecule has 2 aromatic rings. The Balaban J connectivity index is 1.44. The highest BCUT2D eigenvalue weighted by atomic mass is 19.1. The van der Waals surface area contributed by atoms with Crippen LogP contribution >= 0.6 is 0 Å². The van der Waals surface area contributed by atoms with Crippen LogP contribution in [0.15, 0.2) is 48.5 Å². The summed E-state index contributed by atoms with van der Waals surface area (Å²) in [6, 6.07) is 12.7. The van der Waals surface area contributed by atoms with E-state index in [1.54, 1.807) is 30.3 Å². The molecule has 1 aliphatic heterocycles. The van der Waals surface area contributed by atoms with Gasteiger partial charge in [0.1, 0.15) is 17.9 Å². The van der Waals surface area contributed by atoms with E-state index in [1.807, 2.05) is 6.07 Å². The average molecular weight is 395 g/mol. The van der Waals surface area contributed by atoms with Gasteiger partial charge in [0.15, 0.2) is 0 Å². The molecule has 0 atom stereocenters. The van der Waals surface area contributed by atoms with Gasteiger partial charge < -0.3 is 10.6 Å². The first kappa shape index (κ1) is 19.1. The third kappa shape index (κ3) is 3.85. The monoisotopic (exact) mass is 395 g/mol. The maximum atomic E-state index is 13.5. The van der Waals surface area contributed by atoms with Crippen LogP contribution < -0.4 is 10.6 Å². The number of benzene rings is 2. The molecule has 0 radical (unpaired) electrons. The van der Waals surface area contributed by atoms with Crippen molar-refractivity contribution in [3.05, 3.63) is 54.3 Å². The lowest BCUT2D eigenvalue weighted by atomic mass is 9.82. The molecule has 2 aromatic carbocycles. The van der Waals surface area contributed by atoms with Gasteiger partial charge in [-0.25, -0.2) is 9.18 Å². The SMILES string of the molecule is O=C(CN1C(=O)NC2(CCCCC2)C1=O)Nc1cccc(-c2cccc(F)c2)c1. The molecule has 150 valence electrons. The molecule has 0 bridgehead atoms. The fourth-order valence-electron chi connectivity index (χ4n) is 4.10. The van der Waals surface area contributed by atoms with E-state index in [0.717, 1.165) is 29.7 Å². The van der Waals surface area contributed by atoms with Crippen molar-refractivity contribution in [3.63, 3.8) is 0 Å². The van der Waals surface area contributed by atoms with Crippen molar-refractivity contribution >= 4 is 23.5 Å². The number of imide groups is 1. The van der Waals surface area contributed by atoms with Crippen molar-refractivity contribution < 1.29 is 18.8 Å². The second-order valence-electron chi connectivity index (χ2n) is 7.60. The van der Waals surface area contributed by atoms with Crippen molar-refractivity contribution in [3.8, 4) is 11.1 Å². The summed E-state index contributed by atoms with van der Waals surface area (Å²) in [5, 5.41) is 5.52. The summed E-state index contributed by atoms with van der Waals surface area (Å²) >= 11 is 0. The normalized spacial score (nSPS) is 18.0. The molecule has 1 saturated heterocycles. The van der Waals surface area contributed by atoms with Crippen LogP contribution in [0.25, 0.3) is 11.1 Å². The van der Waals surface area contributed by atoms with Crippen LogP contribution in [0, 0.1) is 5.82 Å². The van der Waals surface area contributed by atoms with E-state index in [2.05, 4.69) is 10.6 Å². The number of nitrogens with one attached hydrogen (secondary N) is 2. The maximum Gasteiger partial charge on any atom is 0.325 e. The number of urea groups is 1. The molecule has 0 unspecified atom stereocenters. The van der Waals surface area contributed by atoms with E-state index in [9.17, 15) is 18.8 Å². The molecule has 1 aliphatic carbocycles. The standard InChI is InChI=1S/C22H22FN3O3/c23-17-8-4-6-15(12-17)16-7-5-9-18(13-16)24-19(27)14-26-20(28)22(25-21(26)29)10-2-1-3-11-22/h4-9,12-13H,1-3,10-11,14H2,(H,24,27)(H,25,29). The molecule has 7 heteroatoms. The van der Waals surface area contributed by atoms with Gasteiger partial charge in [-0.1, -0.05) is 43.5 Å². The van der Waals surface area contributed by atoms with Crippen LogP contribution in [0.4, 0.5) is 14.9 Å². The smallest absolute Gasteiger partial charge is 0.325 e. The molecule has 1 heterocycles. The van der Waals surface area contributed by atoms with E-state index in [4.69, 9.17) is 0 Å². The quantitative estimate of drug-likeness (QED) is 0.775. The van der Waals surface area contributed by atoms with E-state index >= 15 is 0 Å². The number of carbonyl (C=O) groups excluding carboxylic acids is 3. The predicted molar refractivity (Wildman–Crippen MR) is 107 cm³/mol. The summed E-state index contributed by atoms with van der Waals surface area (Å²) in [7, 11) is 0. The van der Waals surface area contributed by atoms with E-state index in [1.165, 1.54) is 12.1 Å². The van der Waals surface area contributed by atoms with Crippen LogP contribution in [0.1, 0.15) is 32.1 Å². The molecule has 1 saturated carbocycles. The van der Waals surface area contributed by atoms with Gasteiger partial charge in [0, 0.05) is 5.69 Å². The maximum absolute atomic E-state index is 13.5. The van der Waals surface area contributed by atoms with Crippen molar-refractivity contribution in [2.24, 2.45) is 0 Å². The number of rotatable bonds is 4. The van der Waals surface area contributed by atoms with Gasteiger partial charge in [-0.05, 0) is 48.2 Å². The Kier molecular flexibility index (Phi) is 5.05. The van der Waals surface area contributed by atoms with Crippen LogP contribution in [0.3, 0.4) is 0 Å². The lowest BCUT2D eigenvalue weighted by Gasteiger charge is -2.30. The Hall–Kier alpha value is -3.22. The second-order valence-corrected chi connectivity index (χ2v) is 7.60. The van der Waals surface area contributed by atoms with Gasteiger partial charge in [-0.15, -0.1) is 0 Å². The summed E-state index contributed by atoms with van der Waals surface area (Å²) in [4.78, 5) is 38.6. The summed E-state index contributed by atoms with van der Waals surface area (Å²) in [6.07, 6.45) is 4.06. The molecular weight excluding hydrogens is 373 g/mol. The molecule has 2 N–H and O–H groups in total. The molecule has 1 spiro atoms. The zero-order chi connectivity index (χ0) is 20.4. The third-order valence-electron chi connectivity index (χ3n) is 5.56. The van der Waals surface area contributed by atoms with Gasteiger partial charge >= 0.3 is 6.03 Å². The Bertz CT molecular complexity index is 969. The van der Waals surface area contributed by atoms with E-state index in [-0.39, 0.29) is 18.3 Å². The molecule has 0 aromatic heterocycles. The van der Waals surface area contributed by atoms with Crippen LogP contribution in [-0.2, 0) is 9.59 Å². The first-order valence-corrected chi connectivity index (χ1v) is 9.77. The number of halogens is 1. The highest BCUT2D eigenvalue weighted by Gasteiger charge is 2.51. The third-order valence-corrected chi connectivity index (χ3v) is 5.56. The minimum Gasteiger partial charge on any atom is -0.325 e. The van der Waals surface area contributed by atoms with Crippen LogP contribution in [-0.4, -0.2) is 34.8 Å². The van der Waals surface area contributed by atoms with Gasteiger partial charge in [-0.2, -0.15) is 0 Å². The van der Waals surface area contributed by atoms with Crippen LogP contribution in [0.5, 0.6) is 0 Å². The summed E-state index contributed by atoms with van der Waals surface area (Å²) in [6.45, 7) is -0.337. The first-order chi connectivity index (χ1) is 14.0. The van der Waals surface area contributed by atoms with Crippen molar-refractivity contribution in [2.45, 2.75) is 37.6 Å². The lowest BCUT2D eigenvalue weighted by Crippen LogP contribution is -2.48. The number of carbonyl (C=O) groups is 3. The minimum atomic E-state index is -0.840. The van der Waals surface area contributed by atoms with Gasteiger partial charge in [0.2, 0.25) is 5.91 Å². The Labute approximate surface area is 168 Å². The fraction of sp³-hybridized carbons (Fsp3) is 0.318. The zero-order valence-corrected chi connectivity index (χ0v) is 15.9. The summed E-state index contributed by atoms with van der Waals surface area (Å²) in [5.74, 6) is -1.12. The molecule has 29 heavy (non-hydrogen) atoms. The zero-order valence-electron chi connectivity index (χ0n) is 15.9. The summed E-state index contributed by atoms with van der Waals surface area (Å²) < 4.78 is 13.5. The number of hydrogen-bond acceptors (Lipinski definition) is 3. The number of anilines is 1. The predicted octanol–water partition coefficient (Wildman–Crippen LogP) is 3.69. The summed E-state index contributed by atoms with van der Waals surface area (Å²) in [5.41, 5.74) is 1.11. The minimum absolute atomic E-state index is 0.314. The molecule has 4 rings (SSSR count). The molecule has 4 amide bonds. The molecule has 2 aliphatic rings. The Morgan fingerprint density at radius 3 is 2.45 bits per heavy atom. The van der Waals surface area contributed by atoms with Gasteiger partial charge in [0.25, 0.3) is 5.91 Å². The largest absolute Gasteiger partial charge is 0.325 e. The number of hydrogen-bond donors (Lipinski definition) is 2. The second kappa shape index (κ2) is 7.66. The molecule has 2 fully saturated rings. The van der Waals surface area contributed by atoms with Crippen molar-refractivity contribution in [1.82, 2.24) is 10.2 Å². The Morgan fingerprint density at radius 2 is 1.72 bits per heavy atom. The molecular formula is C22H22FN3O3. The molecule has 6 nitrogen and oxygen atoms in total. The Morgan fingerprint density at radius 1 is 1.03 bits per heavy atom. The fourth-order valence-corrected chi connectivity index (χ4v) is 4.10. The number of nitrogens with zero attached hydrogens (tertiary/aromatic N) is 1. The van der Waals surface area contributed by atoms with E-state index in [0.29, 0.717) is 24.1 Å². The average Bonchev–Trinajstić information content (AvgIpc) is 2.92. The first-order valence-electron chi connectivity index (χ1n) is 9.77. The lowest BCUT2D eigenvalue weighted by molar-refractivity contribution is -0.134. The number of amides is 4. The highest BCUT2D eigenvalue weighted by Crippen LogP contribution is 2.33. The highest BCUT2D eigenvalue weighted by molar-refractivity contribution is 6.10. The van der Waals surface area contributed by atoms with Crippen molar-refractivity contribution in [2.75, 3.05) is 11.9 Å².